The normalized spacial score (nSPS) is 30.1. The first-order valence-electron chi connectivity index (χ1n) is 10.7. The van der Waals surface area contributed by atoms with Crippen LogP contribution in [0.3, 0.4) is 0 Å². The van der Waals surface area contributed by atoms with E-state index in [1.165, 1.54) is 4.90 Å². The number of aliphatic hydroxyl groups excluding tert-OH is 1. The summed E-state index contributed by atoms with van der Waals surface area (Å²) in [5.41, 5.74) is -0.463. The highest BCUT2D eigenvalue weighted by Crippen LogP contribution is 2.46. The molecule has 0 aromatic rings. The van der Waals surface area contributed by atoms with Gasteiger partial charge in [0.05, 0.1) is 31.1 Å². The Morgan fingerprint density at radius 3 is 2.38 bits per heavy atom. The first kappa shape index (κ1) is 23.4. The molecule has 6 atom stereocenters. The molecule has 2 rings (SSSR count). The molecule has 0 saturated carbocycles. The molecule has 2 amide bonds. The molecular weight excluding hydrogens is 372 g/mol. The third-order valence-electron chi connectivity index (χ3n) is 5.92. The fourth-order valence-electron chi connectivity index (χ4n) is 4.65. The quantitative estimate of drug-likeness (QED) is 0.495. The van der Waals surface area contributed by atoms with E-state index in [2.05, 4.69) is 5.32 Å². The average molecular weight is 409 g/mol. The molecule has 0 aromatic carbocycles. The first-order valence-corrected chi connectivity index (χ1v) is 10.7. The minimum Gasteiger partial charge on any atom is -0.466 e. The van der Waals surface area contributed by atoms with Crippen molar-refractivity contribution in [3.8, 4) is 0 Å². The van der Waals surface area contributed by atoms with E-state index in [4.69, 9.17) is 4.74 Å². The summed E-state index contributed by atoms with van der Waals surface area (Å²) >= 11 is 0. The van der Waals surface area contributed by atoms with Crippen molar-refractivity contribution < 1.29 is 24.2 Å². The van der Waals surface area contributed by atoms with Crippen LogP contribution in [0.1, 0.15) is 54.4 Å². The summed E-state index contributed by atoms with van der Waals surface area (Å²) in [5.74, 6) is -2.70. The third-order valence-corrected chi connectivity index (χ3v) is 5.92. The summed E-state index contributed by atoms with van der Waals surface area (Å²) in [6.07, 6.45) is 5.10. The smallest absolute Gasteiger partial charge is 0.310 e. The van der Waals surface area contributed by atoms with Crippen LogP contribution in [-0.2, 0) is 19.1 Å². The van der Waals surface area contributed by atoms with Crippen molar-refractivity contribution in [2.75, 3.05) is 13.2 Å². The lowest BCUT2D eigenvalue weighted by atomic mass is 9.69. The molecule has 7 heteroatoms. The highest BCUT2D eigenvalue weighted by Gasteiger charge is 2.58. The maximum atomic E-state index is 13.6. The van der Waals surface area contributed by atoms with Gasteiger partial charge in [-0.1, -0.05) is 26.0 Å². The van der Waals surface area contributed by atoms with Crippen molar-refractivity contribution in [1.29, 1.82) is 0 Å². The van der Waals surface area contributed by atoms with Crippen molar-refractivity contribution in [2.24, 2.45) is 23.7 Å². The molecule has 29 heavy (non-hydrogen) atoms. The number of hydrogen-bond acceptors (Lipinski definition) is 5. The van der Waals surface area contributed by atoms with Crippen LogP contribution < -0.4 is 5.32 Å². The number of fused-ring (bicyclic) bond motifs is 1. The SMILES string of the molecule is CCOC(=O)[C@H]1[C@@H]2C(=O)N([C@@H](CC)CO)[C@H](C(=O)NC(C)(C)C)[C@H]2C=C[C@H]1CC. The van der Waals surface area contributed by atoms with E-state index in [0.717, 1.165) is 0 Å². The van der Waals surface area contributed by atoms with E-state index in [0.29, 0.717) is 12.8 Å². The molecule has 1 fully saturated rings. The van der Waals surface area contributed by atoms with Crippen molar-refractivity contribution in [3.63, 3.8) is 0 Å². The second-order valence-corrected chi connectivity index (χ2v) is 9.01. The number of nitrogens with zero attached hydrogens (tertiary/aromatic N) is 1. The van der Waals surface area contributed by atoms with Gasteiger partial charge in [-0.2, -0.15) is 0 Å². The maximum Gasteiger partial charge on any atom is 0.310 e. The Labute approximate surface area is 173 Å². The third kappa shape index (κ3) is 4.65. The number of ether oxygens (including phenoxy) is 1. The zero-order chi connectivity index (χ0) is 21.9. The summed E-state index contributed by atoms with van der Waals surface area (Å²) in [6.45, 7) is 11.3. The molecule has 0 bridgehead atoms. The average Bonchev–Trinajstić information content (AvgIpc) is 2.94. The van der Waals surface area contributed by atoms with E-state index in [9.17, 15) is 19.5 Å². The fraction of sp³-hybridized carbons (Fsp3) is 0.773. The van der Waals surface area contributed by atoms with Crippen LogP contribution >= 0.6 is 0 Å². The number of carbonyl (C=O) groups is 3. The molecule has 1 aliphatic heterocycles. The van der Waals surface area contributed by atoms with Gasteiger partial charge in [0.2, 0.25) is 11.8 Å². The van der Waals surface area contributed by atoms with E-state index < -0.39 is 35.4 Å². The molecule has 0 radical (unpaired) electrons. The Bertz CT molecular complexity index is 650. The van der Waals surface area contributed by atoms with Crippen LogP contribution in [0.4, 0.5) is 0 Å². The molecule has 1 aliphatic carbocycles. The Morgan fingerprint density at radius 1 is 1.24 bits per heavy atom. The molecule has 164 valence electrons. The van der Waals surface area contributed by atoms with Gasteiger partial charge in [0.25, 0.3) is 0 Å². The number of hydrogen-bond donors (Lipinski definition) is 2. The lowest BCUT2D eigenvalue weighted by Crippen LogP contribution is -2.55. The number of esters is 1. The summed E-state index contributed by atoms with van der Waals surface area (Å²) in [4.78, 5) is 41.1. The van der Waals surface area contributed by atoms with Gasteiger partial charge in [-0.25, -0.2) is 0 Å². The molecule has 2 N–H and O–H groups in total. The Hall–Kier alpha value is -1.89. The Morgan fingerprint density at radius 2 is 1.90 bits per heavy atom. The molecule has 2 aliphatic rings. The van der Waals surface area contributed by atoms with Crippen LogP contribution in [0.5, 0.6) is 0 Å². The monoisotopic (exact) mass is 408 g/mol. The number of rotatable bonds is 7. The van der Waals surface area contributed by atoms with Gasteiger partial charge in [-0.05, 0) is 46.5 Å². The maximum absolute atomic E-state index is 13.6. The van der Waals surface area contributed by atoms with Crippen molar-refractivity contribution >= 4 is 17.8 Å². The zero-order valence-electron chi connectivity index (χ0n) is 18.5. The molecule has 1 saturated heterocycles. The topological polar surface area (TPSA) is 95.9 Å². The molecule has 0 spiro atoms. The number of likely N-dealkylation sites (tertiary alicyclic amines) is 1. The first-order chi connectivity index (χ1) is 13.6. The van der Waals surface area contributed by atoms with Gasteiger partial charge in [0, 0.05) is 11.5 Å². The summed E-state index contributed by atoms with van der Waals surface area (Å²) < 4.78 is 5.30. The molecule has 1 heterocycles. The lowest BCUT2D eigenvalue weighted by Gasteiger charge is -2.35. The summed E-state index contributed by atoms with van der Waals surface area (Å²) in [5, 5.41) is 12.9. The van der Waals surface area contributed by atoms with E-state index >= 15 is 0 Å². The van der Waals surface area contributed by atoms with Crippen molar-refractivity contribution in [3.05, 3.63) is 12.2 Å². The van der Waals surface area contributed by atoms with Gasteiger partial charge >= 0.3 is 5.97 Å². The lowest BCUT2D eigenvalue weighted by molar-refractivity contribution is -0.156. The highest BCUT2D eigenvalue weighted by molar-refractivity contribution is 5.96. The van der Waals surface area contributed by atoms with Gasteiger partial charge in [0.15, 0.2) is 0 Å². The molecule has 0 unspecified atom stereocenters. The van der Waals surface area contributed by atoms with Crippen LogP contribution in [0.25, 0.3) is 0 Å². The second kappa shape index (κ2) is 9.28. The Kier molecular flexibility index (Phi) is 7.49. The summed E-state index contributed by atoms with van der Waals surface area (Å²) in [6, 6.07) is -1.23. The van der Waals surface area contributed by atoms with Gasteiger partial charge < -0.3 is 20.1 Å². The Balaban J connectivity index is 2.53. The van der Waals surface area contributed by atoms with E-state index in [-0.39, 0.29) is 36.9 Å². The molecular formula is C22H36N2O5. The number of allylic oxidation sites excluding steroid dienone is 1. The number of carbonyl (C=O) groups excluding carboxylic acids is 3. The van der Waals surface area contributed by atoms with E-state index in [1.807, 2.05) is 46.8 Å². The van der Waals surface area contributed by atoms with Crippen LogP contribution in [0.15, 0.2) is 12.2 Å². The van der Waals surface area contributed by atoms with Crippen molar-refractivity contribution in [2.45, 2.75) is 72.0 Å². The van der Waals surface area contributed by atoms with Crippen molar-refractivity contribution in [1.82, 2.24) is 10.2 Å². The van der Waals surface area contributed by atoms with Gasteiger partial charge in [0.1, 0.15) is 6.04 Å². The van der Waals surface area contributed by atoms with Gasteiger partial charge in [-0.15, -0.1) is 0 Å². The van der Waals surface area contributed by atoms with Crippen LogP contribution in [-0.4, -0.2) is 58.6 Å². The van der Waals surface area contributed by atoms with E-state index in [1.54, 1.807) is 6.92 Å². The minimum absolute atomic E-state index is 0.111. The predicted molar refractivity (Wildman–Crippen MR) is 110 cm³/mol. The second-order valence-electron chi connectivity index (χ2n) is 9.01. The minimum atomic E-state index is -0.755. The standard InChI is InChI=1S/C22H36N2O5/c1-7-13-10-11-15-17(16(13)21(28)29-9-3)20(27)24(14(8-2)12-25)18(15)19(26)23-22(4,5)6/h10-11,13-18,25H,7-9,12H2,1-6H3,(H,23,26)/t13-,14+,15+,16-,17-,18+/m1/s1. The highest BCUT2D eigenvalue weighted by atomic mass is 16.5. The number of aliphatic hydroxyl groups is 1. The molecule has 0 aromatic heterocycles. The number of amides is 2. The predicted octanol–water partition coefficient (Wildman–Crippen LogP) is 1.89. The molecule has 7 nitrogen and oxygen atoms in total. The van der Waals surface area contributed by atoms with Crippen LogP contribution in [0.2, 0.25) is 0 Å². The largest absolute Gasteiger partial charge is 0.466 e. The summed E-state index contributed by atoms with van der Waals surface area (Å²) in [7, 11) is 0. The van der Waals surface area contributed by atoms with Gasteiger partial charge in [-0.3, -0.25) is 14.4 Å². The number of nitrogens with one attached hydrogen (secondary N) is 1. The van der Waals surface area contributed by atoms with Crippen LogP contribution in [0, 0.1) is 23.7 Å². The zero-order valence-corrected chi connectivity index (χ0v) is 18.5. The fourth-order valence-corrected chi connectivity index (χ4v) is 4.65.